The fourth-order valence-electron chi connectivity index (χ4n) is 2.36. The highest BCUT2D eigenvalue weighted by Gasteiger charge is 2.15. The second-order valence-corrected chi connectivity index (χ2v) is 4.70. The predicted octanol–water partition coefficient (Wildman–Crippen LogP) is 3.18. The Morgan fingerprint density at radius 3 is 2.59 bits per heavy atom. The maximum atomic E-state index is 12.2. The molecule has 0 saturated carbocycles. The van der Waals surface area contributed by atoms with E-state index in [1.165, 1.54) is 38.5 Å². The minimum atomic E-state index is -0.193. The molecule has 1 heterocycles. The lowest BCUT2D eigenvalue weighted by atomic mass is 10.1. The van der Waals surface area contributed by atoms with Gasteiger partial charge in [-0.25, -0.2) is 0 Å². The van der Waals surface area contributed by atoms with Crippen LogP contribution in [0.25, 0.3) is 22.3 Å². The monoisotopic (exact) mass is 298 g/mol. The minimum absolute atomic E-state index is 0.0328. The Bertz CT molecular complexity index is 895. The summed E-state index contributed by atoms with van der Waals surface area (Å²) in [6.45, 7) is 0. The summed E-state index contributed by atoms with van der Waals surface area (Å²) in [6.07, 6.45) is 0. The Morgan fingerprint density at radius 2 is 1.86 bits per heavy atom. The van der Waals surface area contributed by atoms with E-state index in [1.807, 2.05) is 0 Å². The normalized spacial score (nSPS) is 10.6. The lowest BCUT2D eigenvalue weighted by Crippen LogP contribution is -2.01. The number of rotatable bonds is 3. The van der Waals surface area contributed by atoms with Gasteiger partial charge in [0.15, 0.2) is 16.9 Å². The molecule has 0 saturated heterocycles. The SMILES string of the molecule is COc1cccc(-c2cc(=O)c3ccc(O)cc3o2)c1OC. The Kier molecular flexibility index (Phi) is 3.47. The third kappa shape index (κ3) is 2.26. The third-order valence-corrected chi connectivity index (χ3v) is 3.38. The molecular formula is C17H14O5. The van der Waals surface area contributed by atoms with Crippen molar-refractivity contribution in [2.45, 2.75) is 0 Å². The van der Waals surface area contributed by atoms with Crippen molar-refractivity contribution >= 4 is 11.0 Å². The summed E-state index contributed by atoms with van der Waals surface area (Å²) < 4.78 is 16.4. The van der Waals surface area contributed by atoms with Gasteiger partial charge in [-0.3, -0.25) is 4.79 Å². The zero-order chi connectivity index (χ0) is 15.7. The molecule has 0 atom stereocenters. The molecule has 0 fully saturated rings. The average Bonchev–Trinajstić information content (AvgIpc) is 2.53. The van der Waals surface area contributed by atoms with Gasteiger partial charge in [-0.1, -0.05) is 6.07 Å². The first-order chi connectivity index (χ1) is 10.6. The highest BCUT2D eigenvalue weighted by atomic mass is 16.5. The number of fused-ring (bicyclic) bond motifs is 1. The summed E-state index contributed by atoms with van der Waals surface area (Å²) in [5.74, 6) is 1.40. The molecule has 22 heavy (non-hydrogen) atoms. The molecular weight excluding hydrogens is 284 g/mol. The molecule has 0 bridgehead atoms. The Morgan fingerprint density at radius 1 is 1.05 bits per heavy atom. The molecule has 112 valence electrons. The molecule has 0 aliphatic heterocycles. The van der Waals surface area contributed by atoms with E-state index in [4.69, 9.17) is 13.9 Å². The van der Waals surface area contributed by atoms with Gasteiger partial charge in [-0.2, -0.15) is 0 Å². The van der Waals surface area contributed by atoms with Crippen LogP contribution >= 0.6 is 0 Å². The summed E-state index contributed by atoms with van der Waals surface area (Å²) in [6, 6.07) is 11.1. The van der Waals surface area contributed by atoms with Crippen LogP contribution in [0.1, 0.15) is 0 Å². The van der Waals surface area contributed by atoms with E-state index in [0.29, 0.717) is 33.8 Å². The first-order valence-electron chi connectivity index (χ1n) is 6.62. The van der Waals surface area contributed by atoms with Crippen molar-refractivity contribution < 1.29 is 19.0 Å². The molecule has 1 aromatic heterocycles. The number of hydrogen-bond acceptors (Lipinski definition) is 5. The van der Waals surface area contributed by atoms with E-state index in [0.717, 1.165) is 0 Å². The van der Waals surface area contributed by atoms with Crippen molar-refractivity contribution in [1.82, 2.24) is 0 Å². The van der Waals surface area contributed by atoms with E-state index in [2.05, 4.69) is 0 Å². The second-order valence-electron chi connectivity index (χ2n) is 4.70. The smallest absolute Gasteiger partial charge is 0.193 e. The molecule has 0 amide bonds. The molecule has 3 rings (SSSR count). The molecule has 3 aromatic rings. The minimum Gasteiger partial charge on any atom is -0.508 e. The van der Waals surface area contributed by atoms with E-state index in [-0.39, 0.29) is 11.2 Å². The van der Waals surface area contributed by atoms with Crippen LogP contribution in [0.3, 0.4) is 0 Å². The van der Waals surface area contributed by atoms with E-state index in [1.54, 1.807) is 18.2 Å². The van der Waals surface area contributed by atoms with Crippen LogP contribution in [-0.4, -0.2) is 19.3 Å². The van der Waals surface area contributed by atoms with Crippen molar-refractivity contribution in [3.05, 3.63) is 52.7 Å². The van der Waals surface area contributed by atoms with Crippen LogP contribution in [0, 0.1) is 0 Å². The first kappa shape index (κ1) is 14.0. The molecule has 0 radical (unpaired) electrons. The number of phenolic OH excluding ortho intramolecular Hbond substituents is 1. The Labute approximate surface area is 126 Å². The molecule has 0 spiro atoms. The van der Waals surface area contributed by atoms with Crippen LogP contribution in [0.2, 0.25) is 0 Å². The topological polar surface area (TPSA) is 68.9 Å². The highest BCUT2D eigenvalue weighted by Crippen LogP contribution is 2.38. The van der Waals surface area contributed by atoms with E-state index >= 15 is 0 Å². The van der Waals surface area contributed by atoms with Gasteiger partial charge in [-0.05, 0) is 24.3 Å². The van der Waals surface area contributed by atoms with E-state index in [9.17, 15) is 9.90 Å². The van der Waals surface area contributed by atoms with Gasteiger partial charge in [0.25, 0.3) is 0 Å². The van der Waals surface area contributed by atoms with Crippen LogP contribution in [0.15, 0.2) is 51.7 Å². The van der Waals surface area contributed by atoms with Gasteiger partial charge in [-0.15, -0.1) is 0 Å². The van der Waals surface area contributed by atoms with Crippen LogP contribution < -0.4 is 14.9 Å². The molecule has 5 nitrogen and oxygen atoms in total. The summed E-state index contributed by atoms with van der Waals surface area (Å²) in [5, 5.41) is 9.96. The molecule has 5 heteroatoms. The fourth-order valence-corrected chi connectivity index (χ4v) is 2.36. The second kappa shape index (κ2) is 5.44. The molecule has 2 aromatic carbocycles. The maximum Gasteiger partial charge on any atom is 0.193 e. The average molecular weight is 298 g/mol. The van der Waals surface area contributed by atoms with Crippen molar-refractivity contribution in [3.63, 3.8) is 0 Å². The van der Waals surface area contributed by atoms with Gasteiger partial charge in [0.2, 0.25) is 0 Å². The number of hydrogen-bond donors (Lipinski definition) is 1. The quantitative estimate of drug-likeness (QED) is 0.804. The number of phenols is 1. The number of methoxy groups -OCH3 is 2. The zero-order valence-electron chi connectivity index (χ0n) is 12.1. The van der Waals surface area contributed by atoms with Crippen molar-refractivity contribution in [1.29, 1.82) is 0 Å². The van der Waals surface area contributed by atoms with Crippen molar-refractivity contribution in [2.75, 3.05) is 14.2 Å². The molecule has 0 aliphatic rings. The van der Waals surface area contributed by atoms with Crippen molar-refractivity contribution in [2.24, 2.45) is 0 Å². The summed E-state index contributed by atoms with van der Waals surface area (Å²) in [4.78, 5) is 12.2. The number of aromatic hydroxyl groups is 1. The van der Waals surface area contributed by atoms with Crippen LogP contribution in [-0.2, 0) is 0 Å². The molecule has 0 aliphatic carbocycles. The first-order valence-corrected chi connectivity index (χ1v) is 6.62. The largest absolute Gasteiger partial charge is 0.508 e. The van der Waals surface area contributed by atoms with Crippen LogP contribution in [0.5, 0.6) is 17.2 Å². The van der Waals surface area contributed by atoms with Gasteiger partial charge in [0.1, 0.15) is 17.1 Å². The Balaban J connectivity index is 2.29. The number of para-hydroxylation sites is 1. The molecule has 0 unspecified atom stereocenters. The third-order valence-electron chi connectivity index (χ3n) is 3.38. The van der Waals surface area contributed by atoms with E-state index < -0.39 is 0 Å². The van der Waals surface area contributed by atoms with Crippen molar-refractivity contribution in [3.8, 4) is 28.6 Å². The fraction of sp³-hybridized carbons (Fsp3) is 0.118. The number of benzene rings is 2. The number of ether oxygens (including phenoxy) is 2. The summed E-state index contributed by atoms with van der Waals surface area (Å²) >= 11 is 0. The summed E-state index contributed by atoms with van der Waals surface area (Å²) in [7, 11) is 3.06. The zero-order valence-corrected chi connectivity index (χ0v) is 12.1. The maximum absolute atomic E-state index is 12.2. The lowest BCUT2D eigenvalue weighted by Gasteiger charge is -2.12. The van der Waals surface area contributed by atoms with Crippen LogP contribution in [0.4, 0.5) is 0 Å². The summed E-state index contributed by atoms with van der Waals surface area (Å²) in [5.41, 5.74) is 0.720. The predicted molar refractivity (Wildman–Crippen MR) is 82.7 cm³/mol. The van der Waals surface area contributed by atoms with Gasteiger partial charge < -0.3 is 19.0 Å². The van der Waals surface area contributed by atoms with Gasteiger partial charge >= 0.3 is 0 Å². The Hall–Kier alpha value is -2.95. The van der Waals surface area contributed by atoms with Gasteiger partial charge in [0, 0.05) is 12.1 Å². The standard InChI is InChI=1S/C17H14O5/c1-20-14-5-3-4-12(17(14)21-2)16-9-13(19)11-7-6-10(18)8-15(11)22-16/h3-9,18H,1-2H3. The highest BCUT2D eigenvalue weighted by molar-refractivity contribution is 5.81. The molecule has 1 N–H and O–H groups in total. The lowest BCUT2D eigenvalue weighted by molar-refractivity contribution is 0.355. The van der Waals surface area contributed by atoms with Gasteiger partial charge in [0.05, 0.1) is 25.2 Å².